The summed E-state index contributed by atoms with van der Waals surface area (Å²) in [5.74, 6) is -0.0757. The summed E-state index contributed by atoms with van der Waals surface area (Å²) in [6.07, 6.45) is 3.81. The zero-order chi connectivity index (χ0) is 16.4. The Labute approximate surface area is 133 Å². The topological polar surface area (TPSA) is 83.9 Å². The van der Waals surface area contributed by atoms with E-state index in [2.05, 4.69) is 0 Å². The first-order valence-corrected chi connectivity index (χ1v) is 7.76. The van der Waals surface area contributed by atoms with Crippen molar-refractivity contribution in [1.29, 1.82) is 0 Å². The molecule has 0 spiro atoms. The summed E-state index contributed by atoms with van der Waals surface area (Å²) >= 11 is 0. The van der Waals surface area contributed by atoms with Crippen LogP contribution in [0.2, 0.25) is 0 Å². The molecule has 0 radical (unpaired) electrons. The Morgan fingerprint density at radius 2 is 1.87 bits per heavy atom. The van der Waals surface area contributed by atoms with Crippen LogP contribution in [0.15, 0.2) is 33.1 Å². The van der Waals surface area contributed by atoms with Crippen molar-refractivity contribution in [3.63, 3.8) is 0 Å². The highest BCUT2D eigenvalue weighted by molar-refractivity contribution is 5.93. The second-order valence-corrected chi connectivity index (χ2v) is 5.78. The maximum absolute atomic E-state index is 12.8. The molecule has 2 aromatic rings. The van der Waals surface area contributed by atoms with Crippen LogP contribution in [-0.4, -0.2) is 28.4 Å². The quantitative estimate of drug-likeness (QED) is 0.934. The molecule has 1 fully saturated rings. The van der Waals surface area contributed by atoms with Crippen molar-refractivity contribution in [1.82, 2.24) is 4.90 Å². The van der Waals surface area contributed by atoms with E-state index >= 15 is 0 Å². The van der Waals surface area contributed by atoms with Gasteiger partial charge in [-0.15, -0.1) is 0 Å². The molecular weight excluding hydrogens is 298 g/mol. The monoisotopic (exact) mass is 317 g/mol. The first kappa shape index (κ1) is 15.4. The van der Waals surface area contributed by atoms with Crippen molar-refractivity contribution in [2.75, 3.05) is 6.54 Å². The van der Waals surface area contributed by atoms with Gasteiger partial charge in [-0.1, -0.05) is 12.8 Å². The number of amides is 1. The van der Waals surface area contributed by atoms with Crippen molar-refractivity contribution < 1.29 is 23.5 Å². The van der Waals surface area contributed by atoms with E-state index in [0.29, 0.717) is 6.54 Å². The summed E-state index contributed by atoms with van der Waals surface area (Å²) in [6.45, 7) is 2.48. The van der Waals surface area contributed by atoms with Crippen LogP contribution in [0.1, 0.15) is 64.4 Å². The average Bonchev–Trinajstić information content (AvgIpc) is 3.10. The number of carboxylic acid groups (broad SMARTS) is 1. The zero-order valence-corrected chi connectivity index (χ0v) is 12.9. The van der Waals surface area contributed by atoms with Gasteiger partial charge in [-0.25, -0.2) is 4.79 Å². The van der Waals surface area contributed by atoms with E-state index in [1.54, 1.807) is 4.90 Å². The fourth-order valence-electron chi connectivity index (χ4n) is 2.99. The number of likely N-dealkylation sites (tertiary alicyclic amines) is 1. The lowest BCUT2D eigenvalue weighted by Crippen LogP contribution is -2.34. The molecular formula is C17H19NO5. The first-order valence-electron chi connectivity index (χ1n) is 7.76. The Morgan fingerprint density at radius 3 is 2.52 bits per heavy atom. The third-order valence-corrected chi connectivity index (χ3v) is 4.13. The molecule has 1 unspecified atom stereocenters. The van der Waals surface area contributed by atoms with E-state index < -0.39 is 5.97 Å². The lowest BCUT2D eigenvalue weighted by atomic mass is 10.1. The minimum Gasteiger partial charge on any atom is -0.475 e. The number of nitrogens with zero attached hydrogens (tertiary/aromatic N) is 1. The number of carbonyl (C=O) groups is 2. The summed E-state index contributed by atoms with van der Waals surface area (Å²) in [4.78, 5) is 25.4. The minimum atomic E-state index is -1.18. The van der Waals surface area contributed by atoms with E-state index in [1.165, 1.54) is 12.1 Å². The third kappa shape index (κ3) is 3.16. The zero-order valence-electron chi connectivity index (χ0n) is 12.9. The van der Waals surface area contributed by atoms with E-state index in [1.807, 2.05) is 19.1 Å². The Kier molecular flexibility index (Phi) is 4.23. The van der Waals surface area contributed by atoms with Gasteiger partial charge in [0.2, 0.25) is 5.76 Å². The maximum Gasteiger partial charge on any atom is 0.371 e. The van der Waals surface area contributed by atoms with E-state index in [-0.39, 0.29) is 23.5 Å². The van der Waals surface area contributed by atoms with Gasteiger partial charge in [0.05, 0.1) is 6.04 Å². The Balaban J connectivity index is 1.89. The normalized spacial score (nSPS) is 18.7. The molecule has 0 aromatic carbocycles. The average molecular weight is 317 g/mol. The summed E-state index contributed by atoms with van der Waals surface area (Å²) in [5.41, 5.74) is 0. The lowest BCUT2D eigenvalue weighted by molar-refractivity contribution is 0.0606. The predicted molar refractivity (Wildman–Crippen MR) is 81.4 cm³/mol. The fourth-order valence-corrected chi connectivity index (χ4v) is 2.99. The molecule has 23 heavy (non-hydrogen) atoms. The molecule has 1 saturated heterocycles. The van der Waals surface area contributed by atoms with Crippen LogP contribution in [-0.2, 0) is 0 Å². The van der Waals surface area contributed by atoms with Crippen molar-refractivity contribution in [3.05, 3.63) is 47.3 Å². The van der Waals surface area contributed by atoms with Crippen LogP contribution in [0.3, 0.4) is 0 Å². The molecule has 0 aliphatic carbocycles. The molecule has 1 aliphatic heterocycles. The van der Waals surface area contributed by atoms with Gasteiger partial charge in [0.25, 0.3) is 5.91 Å². The van der Waals surface area contributed by atoms with Gasteiger partial charge < -0.3 is 18.8 Å². The summed E-state index contributed by atoms with van der Waals surface area (Å²) < 4.78 is 10.9. The molecule has 1 N–H and O–H groups in total. The number of hydrogen-bond acceptors (Lipinski definition) is 4. The number of rotatable bonds is 3. The summed E-state index contributed by atoms with van der Waals surface area (Å²) in [5, 5.41) is 8.93. The number of hydrogen-bond donors (Lipinski definition) is 1. The van der Waals surface area contributed by atoms with Crippen molar-refractivity contribution in [3.8, 4) is 0 Å². The van der Waals surface area contributed by atoms with Gasteiger partial charge in [0.15, 0.2) is 5.76 Å². The van der Waals surface area contributed by atoms with Crippen LogP contribution < -0.4 is 0 Å². The van der Waals surface area contributed by atoms with Gasteiger partial charge in [0.1, 0.15) is 11.5 Å². The van der Waals surface area contributed by atoms with Crippen LogP contribution in [0.5, 0.6) is 0 Å². The summed E-state index contributed by atoms with van der Waals surface area (Å²) in [7, 11) is 0. The Bertz CT molecular complexity index is 714. The number of carbonyl (C=O) groups excluding carboxylic acids is 1. The van der Waals surface area contributed by atoms with Crippen LogP contribution >= 0.6 is 0 Å². The number of aromatic carboxylic acids is 1. The van der Waals surface area contributed by atoms with Gasteiger partial charge in [-0.2, -0.15) is 0 Å². The Hall–Kier alpha value is -2.50. The SMILES string of the molecule is Cc1ccc(C2CCCCCN2C(=O)c2ccc(C(=O)O)o2)o1. The third-order valence-electron chi connectivity index (χ3n) is 4.13. The Morgan fingerprint density at radius 1 is 1.09 bits per heavy atom. The molecule has 6 nitrogen and oxygen atoms in total. The summed E-state index contributed by atoms with van der Waals surface area (Å²) in [6, 6.07) is 6.37. The van der Waals surface area contributed by atoms with Crippen molar-refractivity contribution in [2.24, 2.45) is 0 Å². The smallest absolute Gasteiger partial charge is 0.371 e. The van der Waals surface area contributed by atoms with E-state index in [4.69, 9.17) is 13.9 Å². The predicted octanol–water partition coefficient (Wildman–Crippen LogP) is 3.64. The van der Waals surface area contributed by atoms with Gasteiger partial charge in [0, 0.05) is 6.54 Å². The highest BCUT2D eigenvalue weighted by Gasteiger charge is 2.31. The van der Waals surface area contributed by atoms with Crippen LogP contribution in [0.4, 0.5) is 0 Å². The number of aryl methyl sites for hydroxylation is 1. The van der Waals surface area contributed by atoms with Crippen molar-refractivity contribution in [2.45, 2.75) is 38.6 Å². The standard InChI is InChI=1S/C17H19NO5/c1-11-6-7-13(22-11)12-5-3-2-4-10-18(12)16(19)14-8-9-15(23-14)17(20)21/h6-9,12H,2-5,10H2,1H3,(H,20,21). The van der Waals surface area contributed by atoms with E-state index in [0.717, 1.165) is 37.2 Å². The molecule has 2 aromatic heterocycles. The van der Waals surface area contributed by atoms with Gasteiger partial charge >= 0.3 is 5.97 Å². The molecule has 122 valence electrons. The number of carboxylic acids is 1. The van der Waals surface area contributed by atoms with E-state index in [9.17, 15) is 9.59 Å². The minimum absolute atomic E-state index is 0.0533. The first-order chi connectivity index (χ1) is 11.1. The molecule has 0 saturated carbocycles. The largest absolute Gasteiger partial charge is 0.475 e. The second kappa shape index (κ2) is 6.32. The molecule has 1 atom stereocenters. The fraction of sp³-hybridized carbons (Fsp3) is 0.412. The van der Waals surface area contributed by atoms with Crippen LogP contribution in [0.25, 0.3) is 0 Å². The highest BCUT2D eigenvalue weighted by Crippen LogP contribution is 2.32. The maximum atomic E-state index is 12.8. The highest BCUT2D eigenvalue weighted by atomic mass is 16.4. The van der Waals surface area contributed by atoms with Crippen LogP contribution in [0, 0.1) is 6.92 Å². The second-order valence-electron chi connectivity index (χ2n) is 5.78. The molecule has 3 heterocycles. The molecule has 3 rings (SSSR count). The van der Waals surface area contributed by atoms with Gasteiger partial charge in [-0.3, -0.25) is 4.79 Å². The molecule has 1 aliphatic rings. The number of furan rings is 2. The lowest BCUT2D eigenvalue weighted by Gasteiger charge is -2.27. The van der Waals surface area contributed by atoms with Gasteiger partial charge in [-0.05, 0) is 44.0 Å². The van der Waals surface area contributed by atoms with Crippen molar-refractivity contribution >= 4 is 11.9 Å². The molecule has 0 bridgehead atoms. The molecule has 6 heteroatoms. The molecule has 1 amide bonds.